The minimum Gasteiger partial charge on any atom is -0.271 e. The van der Waals surface area contributed by atoms with Gasteiger partial charge in [0.1, 0.15) is 5.82 Å². The first kappa shape index (κ1) is 14.5. The average molecular weight is 284 g/mol. The van der Waals surface area contributed by atoms with Gasteiger partial charge in [-0.3, -0.25) is 5.84 Å². The van der Waals surface area contributed by atoms with Crippen molar-refractivity contribution < 1.29 is 17.6 Å². The van der Waals surface area contributed by atoms with Crippen LogP contribution in [0.2, 0.25) is 0 Å². The van der Waals surface area contributed by atoms with Crippen LogP contribution in [-0.4, -0.2) is 0 Å². The Bertz CT molecular complexity index is 620. The van der Waals surface area contributed by atoms with E-state index in [1.165, 1.54) is 12.1 Å². The molecule has 0 aliphatic carbocycles. The molecule has 0 spiro atoms. The zero-order valence-corrected chi connectivity index (χ0v) is 10.6. The first-order valence-corrected chi connectivity index (χ1v) is 5.80. The second kappa shape index (κ2) is 5.60. The first-order chi connectivity index (χ1) is 9.43. The van der Waals surface area contributed by atoms with Crippen molar-refractivity contribution >= 4 is 0 Å². The summed E-state index contributed by atoms with van der Waals surface area (Å²) in [6, 6.07) is 5.09. The molecule has 2 nitrogen and oxygen atoms in total. The Hall–Kier alpha value is -1.92. The van der Waals surface area contributed by atoms with E-state index in [0.29, 0.717) is 11.1 Å². The summed E-state index contributed by atoms with van der Waals surface area (Å²) < 4.78 is 52.9. The van der Waals surface area contributed by atoms with E-state index >= 15 is 0 Å². The number of hydrazine groups is 1. The lowest BCUT2D eigenvalue weighted by Gasteiger charge is -2.18. The second-order valence-electron chi connectivity index (χ2n) is 4.41. The lowest BCUT2D eigenvalue weighted by atomic mass is 9.98. The van der Waals surface area contributed by atoms with Crippen LogP contribution in [0, 0.1) is 30.2 Å². The maximum Gasteiger partial charge on any atom is 0.194 e. The molecule has 1 unspecified atom stereocenters. The average Bonchev–Trinajstić information content (AvgIpc) is 2.41. The van der Waals surface area contributed by atoms with Gasteiger partial charge in [0.2, 0.25) is 0 Å². The van der Waals surface area contributed by atoms with Gasteiger partial charge < -0.3 is 0 Å². The maximum atomic E-state index is 13.5. The quantitative estimate of drug-likeness (QED) is 0.393. The van der Waals surface area contributed by atoms with Gasteiger partial charge in [0.05, 0.1) is 6.04 Å². The Labute approximate surface area is 113 Å². The molecule has 106 valence electrons. The van der Waals surface area contributed by atoms with Crippen LogP contribution in [0.15, 0.2) is 30.3 Å². The highest BCUT2D eigenvalue weighted by molar-refractivity contribution is 5.34. The fraction of sp³-hybridized carbons (Fsp3) is 0.143. The lowest BCUT2D eigenvalue weighted by Crippen LogP contribution is -2.29. The number of rotatable bonds is 3. The van der Waals surface area contributed by atoms with Gasteiger partial charge in [-0.2, -0.15) is 0 Å². The molecule has 20 heavy (non-hydrogen) atoms. The molecule has 2 aromatic rings. The first-order valence-electron chi connectivity index (χ1n) is 5.80. The van der Waals surface area contributed by atoms with E-state index in [-0.39, 0.29) is 5.56 Å². The third-order valence-electron chi connectivity index (χ3n) is 3.04. The molecule has 1 atom stereocenters. The van der Waals surface area contributed by atoms with Crippen LogP contribution in [0.25, 0.3) is 0 Å². The van der Waals surface area contributed by atoms with Crippen molar-refractivity contribution in [2.45, 2.75) is 13.0 Å². The van der Waals surface area contributed by atoms with Gasteiger partial charge in [-0.15, -0.1) is 0 Å². The highest BCUT2D eigenvalue weighted by Crippen LogP contribution is 2.25. The summed E-state index contributed by atoms with van der Waals surface area (Å²) in [5, 5.41) is 0. The van der Waals surface area contributed by atoms with E-state index in [4.69, 9.17) is 5.84 Å². The minimum atomic E-state index is -1.56. The van der Waals surface area contributed by atoms with Crippen molar-refractivity contribution in [2.75, 3.05) is 0 Å². The Morgan fingerprint density at radius 1 is 0.900 bits per heavy atom. The van der Waals surface area contributed by atoms with Gasteiger partial charge in [0.15, 0.2) is 17.5 Å². The Morgan fingerprint density at radius 3 is 1.95 bits per heavy atom. The van der Waals surface area contributed by atoms with Gasteiger partial charge in [-0.1, -0.05) is 12.1 Å². The van der Waals surface area contributed by atoms with Crippen molar-refractivity contribution in [2.24, 2.45) is 5.84 Å². The molecule has 0 saturated carbocycles. The number of halogens is 4. The normalized spacial score (nSPS) is 12.5. The molecule has 6 heteroatoms. The predicted octanol–water partition coefficient (Wildman–Crippen LogP) is 3.10. The fourth-order valence-electron chi connectivity index (χ4n) is 1.92. The summed E-state index contributed by atoms with van der Waals surface area (Å²) in [6.45, 7) is 1.58. The molecule has 0 saturated heterocycles. The van der Waals surface area contributed by atoms with E-state index < -0.39 is 29.3 Å². The summed E-state index contributed by atoms with van der Waals surface area (Å²) in [5.41, 5.74) is 3.20. The van der Waals surface area contributed by atoms with Crippen LogP contribution in [0.5, 0.6) is 0 Å². The number of hydrogen-bond acceptors (Lipinski definition) is 2. The van der Waals surface area contributed by atoms with Crippen molar-refractivity contribution in [1.82, 2.24) is 5.43 Å². The standard InChI is InChI=1S/C14H12F4N2/c1-7-2-3-8(4-10(7)15)14(20-19)9-5-11(16)13(18)12(17)6-9/h2-6,14,20H,19H2,1H3. The number of nitrogens with one attached hydrogen (secondary N) is 1. The summed E-state index contributed by atoms with van der Waals surface area (Å²) in [7, 11) is 0. The SMILES string of the molecule is Cc1ccc(C(NN)c2cc(F)c(F)c(F)c2)cc1F. The molecule has 0 aromatic heterocycles. The smallest absolute Gasteiger partial charge is 0.194 e. The third kappa shape index (κ3) is 2.66. The summed E-state index contributed by atoms with van der Waals surface area (Å²) in [4.78, 5) is 0. The van der Waals surface area contributed by atoms with Crippen LogP contribution >= 0.6 is 0 Å². The van der Waals surface area contributed by atoms with Crippen LogP contribution in [0.1, 0.15) is 22.7 Å². The second-order valence-corrected chi connectivity index (χ2v) is 4.41. The van der Waals surface area contributed by atoms with E-state index in [1.54, 1.807) is 13.0 Å². The monoisotopic (exact) mass is 284 g/mol. The third-order valence-corrected chi connectivity index (χ3v) is 3.04. The predicted molar refractivity (Wildman–Crippen MR) is 66.6 cm³/mol. The zero-order chi connectivity index (χ0) is 14.9. The number of nitrogens with two attached hydrogens (primary N) is 1. The number of hydrogen-bond donors (Lipinski definition) is 2. The molecule has 3 N–H and O–H groups in total. The molecular formula is C14H12F4N2. The molecule has 0 fully saturated rings. The fourth-order valence-corrected chi connectivity index (χ4v) is 1.92. The Morgan fingerprint density at radius 2 is 1.45 bits per heavy atom. The molecule has 0 aliphatic heterocycles. The highest BCUT2D eigenvalue weighted by atomic mass is 19.2. The largest absolute Gasteiger partial charge is 0.271 e. The van der Waals surface area contributed by atoms with Crippen molar-refractivity contribution in [3.8, 4) is 0 Å². The maximum absolute atomic E-state index is 13.5. The van der Waals surface area contributed by atoms with E-state index in [2.05, 4.69) is 5.43 Å². The van der Waals surface area contributed by atoms with Crippen LogP contribution in [0.3, 0.4) is 0 Å². The topological polar surface area (TPSA) is 38.0 Å². The van der Waals surface area contributed by atoms with Gasteiger partial charge in [-0.25, -0.2) is 23.0 Å². The molecule has 0 radical (unpaired) electrons. The van der Waals surface area contributed by atoms with Crippen LogP contribution in [0.4, 0.5) is 17.6 Å². The molecular weight excluding hydrogens is 272 g/mol. The Balaban J connectivity index is 2.49. The van der Waals surface area contributed by atoms with E-state index in [0.717, 1.165) is 12.1 Å². The van der Waals surface area contributed by atoms with Gasteiger partial charge >= 0.3 is 0 Å². The van der Waals surface area contributed by atoms with Crippen molar-refractivity contribution in [3.05, 3.63) is 70.3 Å². The summed E-state index contributed by atoms with van der Waals surface area (Å²) >= 11 is 0. The molecule has 0 aliphatic rings. The van der Waals surface area contributed by atoms with Gasteiger partial charge in [-0.05, 0) is 41.8 Å². The molecule has 2 aromatic carbocycles. The van der Waals surface area contributed by atoms with Crippen LogP contribution < -0.4 is 11.3 Å². The molecule has 0 bridgehead atoms. The molecule has 0 heterocycles. The van der Waals surface area contributed by atoms with Gasteiger partial charge in [0.25, 0.3) is 0 Å². The minimum absolute atomic E-state index is 0.0622. The van der Waals surface area contributed by atoms with Gasteiger partial charge in [0, 0.05) is 0 Å². The summed E-state index contributed by atoms with van der Waals surface area (Å²) in [5.74, 6) is 0.677. The number of aryl methyl sites for hydroxylation is 1. The molecule has 0 amide bonds. The lowest BCUT2D eigenvalue weighted by molar-refractivity contribution is 0.442. The number of benzene rings is 2. The zero-order valence-electron chi connectivity index (χ0n) is 10.6. The van der Waals surface area contributed by atoms with Crippen molar-refractivity contribution in [1.29, 1.82) is 0 Å². The van der Waals surface area contributed by atoms with Crippen LogP contribution in [-0.2, 0) is 0 Å². The van der Waals surface area contributed by atoms with E-state index in [1.807, 2.05) is 0 Å². The van der Waals surface area contributed by atoms with Crippen molar-refractivity contribution in [3.63, 3.8) is 0 Å². The highest BCUT2D eigenvalue weighted by Gasteiger charge is 2.18. The Kier molecular flexibility index (Phi) is 4.06. The van der Waals surface area contributed by atoms with E-state index in [9.17, 15) is 17.6 Å². The molecule has 2 rings (SSSR count). The summed E-state index contributed by atoms with van der Waals surface area (Å²) in [6.07, 6.45) is 0.